The number of nitrogens with one attached hydrogen (secondary N) is 1. The lowest BCUT2D eigenvalue weighted by molar-refractivity contribution is 0.102. The van der Waals surface area contributed by atoms with Gasteiger partial charge in [0, 0.05) is 18.2 Å². The van der Waals surface area contributed by atoms with Gasteiger partial charge < -0.3 is 0 Å². The molecule has 0 spiro atoms. The van der Waals surface area contributed by atoms with Gasteiger partial charge in [-0.25, -0.2) is 13.4 Å². The van der Waals surface area contributed by atoms with Crippen LogP contribution in [0.15, 0.2) is 47.4 Å². The molecule has 0 saturated carbocycles. The molecule has 1 fully saturated rings. The van der Waals surface area contributed by atoms with Crippen molar-refractivity contribution in [3.8, 4) is 0 Å². The van der Waals surface area contributed by atoms with Gasteiger partial charge in [-0.05, 0) is 68.1 Å². The van der Waals surface area contributed by atoms with Crippen molar-refractivity contribution in [3.63, 3.8) is 0 Å². The van der Waals surface area contributed by atoms with Gasteiger partial charge in [-0.15, -0.1) is 0 Å². The van der Waals surface area contributed by atoms with Gasteiger partial charge in [-0.3, -0.25) is 10.1 Å². The van der Waals surface area contributed by atoms with Crippen LogP contribution in [-0.4, -0.2) is 36.2 Å². The number of carbonyl (C=O) groups excluding carboxylic acids is 1. The lowest BCUT2D eigenvalue weighted by atomic mass is 10.0. The van der Waals surface area contributed by atoms with Crippen molar-refractivity contribution in [2.75, 3.05) is 11.9 Å². The highest BCUT2D eigenvalue weighted by Crippen LogP contribution is 2.28. The monoisotopic (exact) mass is 443 g/mol. The van der Waals surface area contributed by atoms with E-state index in [4.69, 9.17) is 0 Å². The molecule has 8 heteroatoms. The van der Waals surface area contributed by atoms with Crippen LogP contribution in [0.4, 0.5) is 5.13 Å². The van der Waals surface area contributed by atoms with Gasteiger partial charge in [0.15, 0.2) is 5.13 Å². The second-order valence-electron chi connectivity index (χ2n) is 7.64. The van der Waals surface area contributed by atoms with E-state index in [1.165, 1.54) is 23.5 Å². The topological polar surface area (TPSA) is 79.4 Å². The maximum atomic E-state index is 13.1. The molecule has 1 aliphatic heterocycles. The fraction of sp³-hybridized carbons (Fsp3) is 0.364. The maximum absolute atomic E-state index is 13.1. The molecule has 30 heavy (non-hydrogen) atoms. The Morgan fingerprint density at radius 2 is 1.97 bits per heavy atom. The number of aromatic nitrogens is 1. The number of amides is 1. The summed E-state index contributed by atoms with van der Waals surface area (Å²) in [6.07, 6.45) is 3.66. The summed E-state index contributed by atoms with van der Waals surface area (Å²) in [5.41, 5.74) is 2.38. The van der Waals surface area contributed by atoms with Gasteiger partial charge in [0.1, 0.15) is 0 Å². The fourth-order valence-corrected chi connectivity index (χ4v) is 6.59. The first kappa shape index (κ1) is 21.0. The number of benzene rings is 2. The second kappa shape index (κ2) is 8.45. The molecule has 1 amide bonds. The van der Waals surface area contributed by atoms with Crippen LogP contribution in [0, 0.1) is 6.92 Å². The van der Waals surface area contributed by atoms with Gasteiger partial charge >= 0.3 is 0 Å². The molecular formula is C22H25N3O3S2. The first-order valence-electron chi connectivity index (χ1n) is 10.2. The summed E-state index contributed by atoms with van der Waals surface area (Å²) >= 11 is 1.42. The van der Waals surface area contributed by atoms with E-state index in [0.717, 1.165) is 41.5 Å². The highest BCUT2D eigenvalue weighted by molar-refractivity contribution is 7.89. The van der Waals surface area contributed by atoms with Crippen LogP contribution in [0.25, 0.3) is 10.2 Å². The SMILES string of the molecule is CCC1CCCCN1S(=O)(=O)c1ccc(C(=O)Nc2nc3ccc(C)cc3s2)cc1. The minimum Gasteiger partial charge on any atom is -0.298 e. The summed E-state index contributed by atoms with van der Waals surface area (Å²) in [7, 11) is -3.55. The van der Waals surface area contributed by atoms with Crippen LogP contribution in [0.3, 0.4) is 0 Å². The standard InChI is InChI=1S/C22H25N3O3S2/c1-3-17-6-4-5-13-25(17)30(27,28)18-10-8-16(9-11-18)21(26)24-22-23-19-12-7-15(2)14-20(19)29-22/h7-12,14,17H,3-6,13H2,1-2H3,(H,23,24,26). The Bertz CT molecular complexity index is 1170. The van der Waals surface area contributed by atoms with Crippen molar-refractivity contribution in [1.82, 2.24) is 9.29 Å². The van der Waals surface area contributed by atoms with Crippen LogP contribution < -0.4 is 5.32 Å². The number of nitrogens with zero attached hydrogens (tertiary/aromatic N) is 2. The summed E-state index contributed by atoms with van der Waals surface area (Å²) in [5.74, 6) is -0.306. The van der Waals surface area contributed by atoms with E-state index in [-0.39, 0.29) is 16.8 Å². The molecule has 1 saturated heterocycles. The Balaban J connectivity index is 1.51. The summed E-state index contributed by atoms with van der Waals surface area (Å²) < 4.78 is 28.8. The number of hydrogen-bond acceptors (Lipinski definition) is 5. The number of fused-ring (bicyclic) bond motifs is 1. The average Bonchev–Trinajstić information content (AvgIpc) is 3.15. The van der Waals surface area contributed by atoms with Crippen LogP contribution in [0.2, 0.25) is 0 Å². The number of carbonyl (C=O) groups is 1. The number of thiazole rings is 1. The lowest BCUT2D eigenvalue weighted by Crippen LogP contribution is -2.43. The Morgan fingerprint density at radius 3 is 2.70 bits per heavy atom. The molecule has 2 aromatic carbocycles. The first-order valence-corrected chi connectivity index (χ1v) is 12.4. The molecule has 0 bridgehead atoms. The first-order chi connectivity index (χ1) is 14.4. The predicted molar refractivity (Wildman–Crippen MR) is 121 cm³/mol. The van der Waals surface area contributed by atoms with E-state index < -0.39 is 10.0 Å². The van der Waals surface area contributed by atoms with E-state index in [1.807, 2.05) is 32.0 Å². The molecule has 1 aliphatic rings. The molecule has 1 N–H and O–H groups in total. The third-order valence-corrected chi connectivity index (χ3v) is 8.43. The van der Waals surface area contributed by atoms with Crippen molar-refractivity contribution in [3.05, 3.63) is 53.6 Å². The maximum Gasteiger partial charge on any atom is 0.257 e. The van der Waals surface area contributed by atoms with Crippen LogP contribution >= 0.6 is 11.3 Å². The number of piperidine rings is 1. The second-order valence-corrected chi connectivity index (χ2v) is 10.6. The number of aryl methyl sites for hydroxylation is 1. The minimum absolute atomic E-state index is 0.0504. The zero-order chi connectivity index (χ0) is 21.3. The molecule has 0 radical (unpaired) electrons. The third kappa shape index (κ3) is 4.12. The van der Waals surface area contributed by atoms with Crippen LogP contribution in [0.1, 0.15) is 48.5 Å². The molecular weight excluding hydrogens is 418 g/mol. The van der Waals surface area contributed by atoms with Crippen LogP contribution in [0.5, 0.6) is 0 Å². The van der Waals surface area contributed by atoms with Crippen molar-refractivity contribution >= 4 is 42.6 Å². The Kier molecular flexibility index (Phi) is 5.90. The molecule has 0 aliphatic carbocycles. The predicted octanol–water partition coefficient (Wildman–Crippen LogP) is 4.81. The van der Waals surface area contributed by atoms with Gasteiger partial charge in [0.2, 0.25) is 10.0 Å². The zero-order valence-corrected chi connectivity index (χ0v) is 18.7. The highest BCUT2D eigenvalue weighted by Gasteiger charge is 2.32. The van der Waals surface area contributed by atoms with Gasteiger partial charge in [0.25, 0.3) is 5.91 Å². The number of anilines is 1. The summed E-state index contributed by atoms with van der Waals surface area (Å²) in [4.78, 5) is 17.3. The van der Waals surface area contributed by atoms with E-state index >= 15 is 0 Å². The Hall–Kier alpha value is -2.29. The molecule has 3 aromatic rings. The van der Waals surface area contributed by atoms with Crippen LogP contribution in [-0.2, 0) is 10.0 Å². The highest BCUT2D eigenvalue weighted by atomic mass is 32.2. The van der Waals surface area contributed by atoms with Crippen molar-refractivity contribution in [1.29, 1.82) is 0 Å². The van der Waals surface area contributed by atoms with Gasteiger partial charge in [-0.1, -0.05) is 30.7 Å². The normalized spacial score (nSPS) is 17.9. The zero-order valence-electron chi connectivity index (χ0n) is 17.1. The summed E-state index contributed by atoms with van der Waals surface area (Å²) in [6, 6.07) is 12.2. The Labute approximate surface area is 181 Å². The molecule has 158 valence electrons. The fourth-order valence-electron chi connectivity index (χ4n) is 3.87. The van der Waals surface area contributed by atoms with E-state index in [1.54, 1.807) is 16.4 Å². The summed E-state index contributed by atoms with van der Waals surface area (Å²) in [6.45, 7) is 4.59. The minimum atomic E-state index is -3.55. The van der Waals surface area contributed by atoms with E-state index in [9.17, 15) is 13.2 Å². The molecule has 2 heterocycles. The quantitative estimate of drug-likeness (QED) is 0.614. The molecule has 1 unspecified atom stereocenters. The molecule has 1 atom stereocenters. The average molecular weight is 444 g/mol. The van der Waals surface area contributed by atoms with Gasteiger partial charge in [-0.2, -0.15) is 4.31 Å². The van der Waals surface area contributed by atoms with Crippen molar-refractivity contribution in [2.45, 2.75) is 50.5 Å². The van der Waals surface area contributed by atoms with E-state index in [0.29, 0.717) is 17.2 Å². The number of sulfonamides is 1. The number of rotatable bonds is 5. The van der Waals surface area contributed by atoms with Crippen molar-refractivity contribution in [2.24, 2.45) is 0 Å². The molecule has 6 nitrogen and oxygen atoms in total. The molecule has 1 aromatic heterocycles. The summed E-state index contributed by atoms with van der Waals surface area (Å²) in [5, 5.41) is 3.34. The Morgan fingerprint density at radius 1 is 1.20 bits per heavy atom. The van der Waals surface area contributed by atoms with Gasteiger partial charge in [0.05, 0.1) is 15.1 Å². The largest absolute Gasteiger partial charge is 0.298 e. The molecule has 4 rings (SSSR count). The van der Waals surface area contributed by atoms with E-state index in [2.05, 4.69) is 10.3 Å². The smallest absolute Gasteiger partial charge is 0.257 e. The van der Waals surface area contributed by atoms with Crippen molar-refractivity contribution < 1.29 is 13.2 Å². The third-order valence-electron chi connectivity index (χ3n) is 5.53. The number of hydrogen-bond donors (Lipinski definition) is 1. The lowest BCUT2D eigenvalue weighted by Gasteiger charge is -2.34.